The van der Waals surface area contributed by atoms with Crippen LogP contribution in [0.15, 0.2) is 0 Å². The molecule has 5 heavy (non-hydrogen) atoms. The Morgan fingerprint density at radius 1 is 1.80 bits per heavy atom. The zero-order valence-electron chi connectivity index (χ0n) is 2.76. The van der Waals surface area contributed by atoms with Gasteiger partial charge >= 0.3 is 38.3 Å². The maximum atomic E-state index is 8.94. The van der Waals surface area contributed by atoms with E-state index in [1.54, 1.807) is 0 Å². The van der Waals surface area contributed by atoms with Crippen LogP contribution in [0.5, 0.6) is 0 Å². The fourth-order valence-corrected chi connectivity index (χ4v) is 0. The van der Waals surface area contributed by atoms with Crippen molar-refractivity contribution in [2.75, 3.05) is 0 Å². The van der Waals surface area contributed by atoms with Crippen LogP contribution in [0.3, 0.4) is 0 Å². The molecule has 0 aliphatic heterocycles. The predicted octanol–water partition coefficient (Wildman–Crippen LogP) is -1.13. The Kier molecular flexibility index (Phi) is 7.77. The van der Waals surface area contributed by atoms with E-state index in [-0.39, 0.29) is 6.15 Å². The second kappa shape index (κ2) is 4.31. The van der Waals surface area contributed by atoms with Gasteiger partial charge in [0.05, 0.1) is 0 Å². The zero-order chi connectivity index (χ0) is 3.58. The average molecular weight is 271 g/mol. The van der Waals surface area contributed by atoms with Crippen LogP contribution in [0.1, 0.15) is 0 Å². The zero-order valence-corrected chi connectivity index (χ0v) is 6.24. The van der Waals surface area contributed by atoms with Gasteiger partial charge in [0, 0.05) is 0 Å². The summed E-state index contributed by atoms with van der Waals surface area (Å²) in [5.41, 5.74) is 0. The maximum Gasteiger partial charge on any atom is -0.369 e. The van der Waals surface area contributed by atoms with Crippen LogP contribution in [-0.4, -0.2) is 28.4 Å². The standard InChI is InChI=1S/CO2.Bi.H3N/c2-1-3;;/h;;1H3/q-1;;/p+1. The predicted molar refractivity (Wildman–Crippen MR) is 17.1 cm³/mol. The van der Waals surface area contributed by atoms with E-state index in [1.165, 1.54) is 0 Å². The topological polar surface area (TPSA) is 76.6 Å². The van der Waals surface area contributed by atoms with Crippen molar-refractivity contribution in [2.24, 2.45) is 0 Å². The summed E-state index contributed by atoms with van der Waals surface area (Å²) in [6.07, 6.45) is 0. The van der Waals surface area contributed by atoms with Gasteiger partial charge in [-0.1, -0.05) is 0 Å². The minimum atomic E-state index is -0.972. The molecule has 4 heteroatoms. The molecule has 0 aromatic rings. The summed E-state index contributed by atoms with van der Waals surface area (Å²) >= 11 is 0.318. The SMILES string of the molecule is O=[C]([O-])[Bi].[NH4+]. The summed E-state index contributed by atoms with van der Waals surface area (Å²) in [7, 11) is 0. The number of carboxylic acid groups (broad SMARTS) is 1. The molecule has 2 radical (unpaired) electrons. The molecule has 0 aliphatic rings. The van der Waals surface area contributed by atoms with Gasteiger partial charge in [-0.3, -0.25) is 0 Å². The number of carbonyl (C=O) groups excluding carboxylic acids is 1. The van der Waals surface area contributed by atoms with Gasteiger partial charge in [-0.15, -0.1) is 0 Å². The van der Waals surface area contributed by atoms with E-state index in [1.807, 2.05) is 0 Å². The minimum Gasteiger partial charge on any atom is -0.369 e. The Morgan fingerprint density at radius 2 is 1.80 bits per heavy atom. The molecule has 0 aliphatic carbocycles. The quantitative estimate of drug-likeness (QED) is 0.566. The van der Waals surface area contributed by atoms with E-state index < -0.39 is 3.68 Å². The van der Waals surface area contributed by atoms with E-state index >= 15 is 0 Å². The Hall–Kier alpha value is 0.313. The molecule has 0 spiro atoms. The van der Waals surface area contributed by atoms with Gasteiger partial charge < -0.3 is 6.15 Å². The van der Waals surface area contributed by atoms with Gasteiger partial charge in [-0.05, 0) is 0 Å². The van der Waals surface area contributed by atoms with Crippen LogP contribution in [0.25, 0.3) is 0 Å². The van der Waals surface area contributed by atoms with Crippen molar-refractivity contribution in [3.63, 3.8) is 0 Å². The van der Waals surface area contributed by atoms with Crippen molar-refractivity contribution in [1.29, 1.82) is 0 Å². The summed E-state index contributed by atoms with van der Waals surface area (Å²) in [5.74, 6) is 0. The van der Waals surface area contributed by atoms with Crippen molar-refractivity contribution in [1.82, 2.24) is 6.15 Å². The third kappa shape index (κ3) is 235. The number of carbonyl (C=O) groups is 1. The molecule has 0 heterocycles. The van der Waals surface area contributed by atoms with E-state index in [4.69, 9.17) is 9.90 Å². The average Bonchev–Trinajstić information content (AvgIpc) is 0.811. The van der Waals surface area contributed by atoms with E-state index in [0.717, 1.165) is 0 Å². The van der Waals surface area contributed by atoms with Gasteiger partial charge in [0.1, 0.15) is 0 Å². The fourth-order valence-electron chi connectivity index (χ4n) is 0. The molecule has 3 nitrogen and oxygen atoms in total. The molecule has 0 bridgehead atoms. The molecule has 0 saturated heterocycles. The Labute approximate surface area is 44.8 Å². The first-order valence-electron chi connectivity index (χ1n) is 0.632. The van der Waals surface area contributed by atoms with E-state index in [2.05, 4.69) is 0 Å². The molecule has 0 aromatic carbocycles. The number of hydrogen-bond donors (Lipinski definition) is 1. The first kappa shape index (κ1) is 9.00. The molecule has 0 rings (SSSR count). The summed E-state index contributed by atoms with van der Waals surface area (Å²) in [6.45, 7) is 0. The van der Waals surface area contributed by atoms with Crippen molar-refractivity contribution < 1.29 is 9.90 Å². The van der Waals surface area contributed by atoms with E-state index in [0.29, 0.717) is 24.7 Å². The molecule has 0 fully saturated rings. The van der Waals surface area contributed by atoms with Crippen LogP contribution in [0.2, 0.25) is 0 Å². The third-order valence-corrected chi connectivity index (χ3v) is 0. The van der Waals surface area contributed by atoms with Crippen molar-refractivity contribution in [3.05, 3.63) is 0 Å². The molecule has 0 atom stereocenters. The molecule has 0 amide bonds. The molecule has 0 aromatic heterocycles. The molecule has 0 saturated carbocycles. The van der Waals surface area contributed by atoms with Crippen LogP contribution in [-0.2, 0) is 0 Å². The van der Waals surface area contributed by atoms with Crippen LogP contribution < -0.4 is 11.3 Å². The second-order valence-electron chi connectivity index (χ2n) is 0.266. The van der Waals surface area contributed by atoms with Crippen LogP contribution in [0, 0.1) is 0 Å². The smallest absolute Gasteiger partial charge is 0.369 e. The molecule has 0 unspecified atom stereocenters. The molecule has 4 N–H and O–H groups in total. The first-order chi connectivity index (χ1) is 1.73. The molecular weight excluding hydrogens is 267 g/mol. The van der Waals surface area contributed by atoms with Gasteiger partial charge in [-0.2, -0.15) is 0 Å². The van der Waals surface area contributed by atoms with Gasteiger partial charge in [0.15, 0.2) is 0 Å². The summed E-state index contributed by atoms with van der Waals surface area (Å²) in [6, 6.07) is 0. The van der Waals surface area contributed by atoms with Crippen molar-refractivity contribution >= 4 is 28.4 Å². The van der Waals surface area contributed by atoms with Crippen molar-refractivity contribution in [2.45, 2.75) is 0 Å². The Bertz CT molecular complexity index is 32.6. The summed E-state index contributed by atoms with van der Waals surface area (Å²) in [5, 5.41) is 8.94. The van der Waals surface area contributed by atoms with E-state index in [9.17, 15) is 0 Å². The Balaban J connectivity index is 0. The second-order valence-corrected chi connectivity index (χ2v) is 1.69. The summed E-state index contributed by atoms with van der Waals surface area (Å²) in [4.78, 5) is 8.94. The number of quaternary nitrogens is 1. The van der Waals surface area contributed by atoms with Gasteiger partial charge in [0.25, 0.3) is 0 Å². The molecular formula is CH4BiNO2. The molecule has 30 valence electrons. The third-order valence-electron chi connectivity index (χ3n) is 0. The first-order valence-corrected chi connectivity index (χ1v) is 2.37. The fraction of sp³-hybridized carbons (Fsp3) is 0. The Morgan fingerprint density at radius 3 is 1.80 bits per heavy atom. The maximum absolute atomic E-state index is 8.94. The number of rotatable bonds is 0. The minimum absolute atomic E-state index is 0. The summed E-state index contributed by atoms with van der Waals surface area (Å²) < 4.78 is -0.972. The van der Waals surface area contributed by atoms with Gasteiger partial charge in [0.2, 0.25) is 0 Å². The normalized spacial score (nSPS) is 5.00. The van der Waals surface area contributed by atoms with Crippen LogP contribution >= 0.6 is 0 Å². The van der Waals surface area contributed by atoms with Crippen LogP contribution in [0.4, 0.5) is 4.79 Å². The van der Waals surface area contributed by atoms with Crippen molar-refractivity contribution in [3.8, 4) is 0 Å². The largest absolute Gasteiger partial charge is 0.369 e. The van der Waals surface area contributed by atoms with Gasteiger partial charge in [-0.25, -0.2) is 0 Å². The monoisotopic (exact) mass is 271 g/mol. The number of hydrogen-bond acceptors (Lipinski definition) is 2.